The smallest absolute Gasteiger partial charge is 0.0472 e. The average molecular weight is 242 g/mol. The fourth-order valence-electron chi connectivity index (χ4n) is 1.76. The molecule has 0 fully saturated rings. The first-order chi connectivity index (χ1) is 7.77. The van der Waals surface area contributed by atoms with E-state index in [9.17, 15) is 0 Å². The van der Waals surface area contributed by atoms with Gasteiger partial charge in [-0.05, 0) is 44.0 Å². The number of likely N-dealkylation sites (N-methyl/N-ethyl adjacent to an activating group) is 1. The Kier molecular flexibility index (Phi) is 6.46. The van der Waals surface area contributed by atoms with Crippen LogP contribution in [-0.4, -0.2) is 26.8 Å². The van der Waals surface area contributed by atoms with Crippen LogP contribution in [0.2, 0.25) is 5.02 Å². The van der Waals surface area contributed by atoms with Crippen molar-refractivity contribution in [3.8, 4) is 0 Å². The van der Waals surface area contributed by atoms with Crippen LogP contribution in [0.25, 0.3) is 0 Å². The fourth-order valence-corrected chi connectivity index (χ4v) is 1.96. The van der Waals surface area contributed by atoms with Gasteiger partial charge in [0.1, 0.15) is 0 Å². The van der Waals surface area contributed by atoms with Gasteiger partial charge in [-0.1, -0.05) is 23.7 Å². The Labute approximate surface area is 103 Å². The molecule has 0 aliphatic heterocycles. The molecule has 0 amide bonds. The van der Waals surface area contributed by atoms with Crippen molar-refractivity contribution in [2.75, 3.05) is 26.8 Å². The second-order valence-corrected chi connectivity index (χ2v) is 4.23. The monoisotopic (exact) mass is 241 g/mol. The molecule has 2 nitrogen and oxygen atoms in total. The van der Waals surface area contributed by atoms with Gasteiger partial charge in [0, 0.05) is 24.8 Å². The van der Waals surface area contributed by atoms with Crippen molar-refractivity contribution in [2.24, 2.45) is 0 Å². The molecule has 90 valence electrons. The van der Waals surface area contributed by atoms with Crippen LogP contribution in [0.4, 0.5) is 0 Å². The zero-order valence-corrected chi connectivity index (χ0v) is 10.8. The Morgan fingerprint density at radius 2 is 2.25 bits per heavy atom. The van der Waals surface area contributed by atoms with Gasteiger partial charge in [-0.2, -0.15) is 0 Å². The molecule has 0 aliphatic rings. The predicted octanol–water partition coefficient (Wildman–Crippen LogP) is 3.07. The van der Waals surface area contributed by atoms with Crippen molar-refractivity contribution >= 4 is 11.6 Å². The molecule has 0 saturated heterocycles. The summed E-state index contributed by atoms with van der Waals surface area (Å²) in [6.45, 7) is 4.55. The van der Waals surface area contributed by atoms with Crippen LogP contribution >= 0.6 is 11.6 Å². The lowest BCUT2D eigenvalue weighted by Crippen LogP contribution is -2.18. The third kappa shape index (κ3) is 4.52. The molecule has 1 unspecified atom stereocenters. The van der Waals surface area contributed by atoms with E-state index < -0.39 is 0 Å². The summed E-state index contributed by atoms with van der Waals surface area (Å²) in [7, 11) is 1.97. The SMILES string of the molecule is CCOCCC(CNC)c1cccc(Cl)c1. The summed E-state index contributed by atoms with van der Waals surface area (Å²) in [5.41, 5.74) is 1.28. The fraction of sp³-hybridized carbons (Fsp3) is 0.538. The minimum atomic E-state index is 0.468. The van der Waals surface area contributed by atoms with Crippen LogP contribution in [0.15, 0.2) is 24.3 Å². The van der Waals surface area contributed by atoms with Gasteiger partial charge in [-0.3, -0.25) is 0 Å². The largest absolute Gasteiger partial charge is 0.382 e. The van der Waals surface area contributed by atoms with Crippen LogP contribution in [0.3, 0.4) is 0 Å². The maximum absolute atomic E-state index is 6.00. The Balaban J connectivity index is 2.61. The summed E-state index contributed by atoms with van der Waals surface area (Å²) in [5, 5.41) is 4.01. The van der Waals surface area contributed by atoms with Crippen LogP contribution in [-0.2, 0) is 4.74 Å². The van der Waals surface area contributed by atoms with E-state index in [1.54, 1.807) is 0 Å². The Morgan fingerprint density at radius 1 is 1.44 bits per heavy atom. The predicted molar refractivity (Wildman–Crippen MR) is 69.2 cm³/mol. The molecule has 0 aromatic heterocycles. The van der Waals surface area contributed by atoms with Crippen LogP contribution in [0.5, 0.6) is 0 Å². The van der Waals surface area contributed by atoms with Crippen LogP contribution in [0.1, 0.15) is 24.8 Å². The van der Waals surface area contributed by atoms with Crippen molar-refractivity contribution in [1.82, 2.24) is 5.32 Å². The van der Waals surface area contributed by atoms with Crippen molar-refractivity contribution in [2.45, 2.75) is 19.3 Å². The highest BCUT2D eigenvalue weighted by Gasteiger charge is 2.10. The average Bonchev–Trinajstić information content (AvgIpc) is 2.28. The molecule has 3 heteroatoms. The van der Waals surface area contributed by atoms with Gasteiger partial charge in [-0.15, -0.1) is 0 Å². The Bertz CT molecular complexity index is 304. The number of hydrogen-bond donors (Lipinski definition) is 1. The van der Waals surface area contributed by atoms with Crippen molar-refractivity contribution in [3.05, 3.63) is 34.9 Å². The highest BCUT2D eigenvalue weighted by Crippen LogP contribution is 2.22. The van der Waals surface area contributed by atoms with E-state index in [-0.39, 0.29) is 0 Å². The number of nitrogens with one attached hydrogen (secondary N) is 1. The quantitative estimate of drug-likeness (QED) is 0.741. The van der Waals surface area contributed by atoms with Gasteiger partial charge in [-0.25, -0.2) is 0 Å². The molecule has 1 N–H and O–H groups in total. The molecule has 1 atom stereocenters. The second-order valence-electron chi connectivity index (χ2n) is 3.80. The molecule has 0 heterocycles. The van der Waals surface area contributed by atoms with E-state index >= 15 is 0 Å². The third-order valence-corrected chi connectivity index (χ3v) is 2.82. The molecule has 16 heavy (non-hydrogen) atoms. The van der Waals surface area contributed by atoms with Gasteiger partial charge < -0.3 is 10.1 Å². The number of ether oxygens (including phenoxy) is 1. The Hall–Kier alpha value is -0.570. The van der Waals surface area contributed by atoms with Gasteiger partial charge in [0.15, 0.2) is 0 Å². The van der Waals surface area contributed by atoms with Gasteiger partial charge in [0.2, 0.25) is 0 Å². The van der Waals surface area contributed by atoms with E-state index in [1.165, 1.54) is 5.56 Å². The summed E-state index contributed by atoms with van der Waals surface area (Å²) in [4.78, 5) is 0. The van der Waals surface area contributed by atoms with Gasteiger partial charge in [0.05, 0.1) is 0 Å². The first-order valence-electron chi connectivity index (χ1n) is 5.75. The number of hydrogen-bond acceptors (Lipinski definition) is 2. The molecule has 1 aromatic rings. The lowest BCUT2D eigenvalue weighted by Gasteiger charge is -2.17. The normalized spacial score (nSPS) is 12.7. The van der Waals surface area contributed by atoms with E-state index in [1.807, 2.05) is 32.2 Å². The van der Waals surface area contributed by atoms with Gasteiger partial charge in [0.25, 0.3) is 0 Å². The third-order valence-electron chi connectivity index (χ3n) is 2.59. The second kappa shape index (κ2) is 7.66. The summed E-state index contributed by atoms with van der Waals surface area (Å²) in [5.74, 6) is 0.468. The van der Waals surface area contributed by atoms with E-state index in [2.05, 4.69) is 11.4 Å². The van der Waals surface area contributed by atoms with Crippen molar-refractivity contribution < 1.29 is 4.74 Å². The summed E-state index contributed by atoms with van der Waals surface area (Å²) in [6.07, 6.45) is 1.02. The summed E-state index contributed by atoms with van der Waals surface area (Å²) < 4.78 is 5.40. The minimum absolute atomic E-state index is 0.468. The Morgan fingerprint density at radius 3 is 2.88 bits per heavy atom. The first kappa shape index (κ1) is 13.5. The maximum atomic E-state index is 6.00. The molecule has 0 spiro atoms. The van der Waals surface area contributed by atoms with E-state index in [0.717, 1.165) is 31.2 Å². The minimum Gasteiger partial charge on any atom is -0.382 e. The first-order valence-corrected chi connectivity index (χ1v) is 6.13. The highest BCUT2D eigenvalue weighted by molar-refractivity contribution is 6.30. The number of benzene rings is 1. The standard InChI is InChI=1S/C13H20ClNO/c1-3-16-8-7-12(10-15-2)11-5-4-6-13(14)9-11/h4-6,9,12,15H,3,7-8,10H2,1-2H3. The molecule has 1 aromatic carbocycles. The van der Waals surface area contributed by atoms with E-state index in [0.29, 0.717) is 5.92 Å². The number of rotatable bonds is 7. The molecule has 1 rings (SSSR count). The van der Waals surface area contributed by atoms with Crippen molar-refractivity contribution in [3.63, 3.8) is 0 Å². The molecule has 0 aliphatic carbocycles. The van der Waals surface area contributed by atoms with Crippen molar-refractivity contribution in [1.29, 1.82) is 0 Å². The zero-order chi connectivity index (χ0) is 11.8. The summed E-state index contributed by atoms with van der Waals surface area (Å²) >= 11 is 6.00. The highest BCUT2D eigenvalue weighted by atomic mass is 35.5. The summed E-state index contributed by atoms with van der Waals surface area (Å²) in [6, 6.07) is 8.07. The lowest BCUT2D eigenvalue weighted by atomic mass is 9.96. The molecule has 0 radical (unpaired) electrons. The van der Waals surface area contributed by atoms with E-state index in [4.69, 9.17) is 16.3 Å². The van der Waals surface area contributed by atoms with Crippen LogP contribution < -0.4 is 5.32 Å². The van der Waals surface area contributed by atoms with Crippen LogP contribution in [0, 0.1) is 0 Å². The topological polar surface area (TPSA) is 21.3 Å². The zero-order valence-electron chi connectivity index (χ0n) is 10.0. The molecular weight excluding hydrogens is 222 g/mol. The molecule has 0 saturated carbocycles. The molecular formula is C13H20ClNO. The molecule has 0 bridgehead atoms. The number of halogens is 1. The maximum Gasteiger partial charge on any atom is 0.0472 e. The lowest BCUT2D eigenvalue weighted by molar-refractivity contribution is 0.139. The van der Waals surface area contributed by atoms with Gasteiger partial charge >= 0.3 is 0 Å².